The Hall–Kier alpha value is -2.31. The van der Waals surface area contributed by atoms with E-state index in [0.29, 0.717) is 6.54 Å². The first-order chi connectivity index (χ1) is 9.81. The molecule has 0 aliphatic carbocycles. The number of pyridine rings is 1. The van der Waals surface area contributed by atoms with Gasteiger partial charge in [-0.15, -0.1) is 6.42 Å². The second kappa shape index (κ2) is 7.32. The smallest absolute Gasteiger partial charge is 0.148 e. The summed E-state index contributed by atoms with van der Waals surface area (Å²) in [5.41, 5.74) is 2.11. The van der Waals surface area contributed by atoms with Crippen LogP contribution in [0.2, 0.25) is 0 Å². The van der Waals surface area contributed by atoms with Crippen molar-refractivity contribution in [2.45, 2.75) is 19.5 Å². The maximum absolute atomic E-state index is 5.53. The van der Waals surface area contributed by atoms with Crippen molar-refractivity contribution < 1.29 is 4.74 Å². The van der Waals surface area contributed by atoms with E-state index in [0.717, 1.165) is 17.0 Å². The van der Waals surface area contributed by atoms with Crippen molar-refractivity contribution in [3.8, 4) is 18.1 Å². The van der Waals surface area contributed by atoms with Gasteiger partial charge in [0.25, 0.3) is 0 Å². The SMILES string of the molecule is C#CCOc1ccccc1CN[C@@H](C)c1ccccn1. The number of terminal acetylenes is 1. The zero-order valence-corrected chi connectivity index (χ0v) is 11.5. The molecule has 2 rings (SSSR count). The van der Waals surface area contributed by atoms with Crippen LogP contribution >= 0.6 is 0 Å². The van der Waals surface area contributed by atoms with Crippen LogP contribution in [0.4, 0.5) is 0 Å². The fraction of sp³-hybridized carbons (Fsp3) is 0.235. The molecule has 0 radical (unpaired) electrons. The van der Waals surface area contributed by atoms with Crippen LogP contribution in [0.15, 0.2) is 48.7 Å². The topological polar surface area (TPSA) is 34.1 Å². The average molecular weight is 266 g/mol. The molecule has 2 aromatic rings. The Morgan fingerprint density at radius 2 is 2.05 bits per heavy atom. The van der Waals surface area contributed by atoms with Crippen molar-refractivity contribution in [1.82, 2.24) is 10.3 Å². The number of nitrogens with one attached hydrogen (secondary N) is 1. The van der Waals surface area contributed by atoms with Crippen LogP contribution in [0.1, 0.15) is 24.2 Å². The lowest BCUT2D eigenvalue weighted by atomic mass is 10.1. The van der Waals surface area contributed by atoms with Gasteiger partial charge in [-0.05, 0) is 25.1 Å². The highest BCUT2D eigenvalue weighted by Gasteiger charge is 2.07. The van der Waals surface area contributed by atoms with Gasteiger partial charge in [0.15, 0.2) is 0 Å². The fourth-order valence-electron chi connectivity index (χ4n) is 1.91. The number of ether oxygens (including phenoxy) is 1. The molecule has 0 spiro atoms. The van der Waals surface area contributed by atoms with E-state index in [1.165, 1.54) is 0 Å². The highest BCUT2D eigenvalue weighted by atomic mass is 16.5. The Labute approximate surface area is 120 Å². The van der Waals surface area contributed by atoms with Crippen LogP contribution in [-0.2, 0) is 6.54 Å². The third-order valence-corrected chi connectivity index (χ3v) is 3.01. The Kier molecular flexibility index (Phi) is 5.16. The summed E-state index contributed by atoms with van der Waals surface area (Å²) in [5, 5.41) is 3.44. The largest absolute Gasteiger partial charge is 0.481 e. The molecule has 1 aromatic heterocycles. The van der Waals surface area contributed by atoms with Crippen molar-refractivity contribution in [1.29, 1.82) is 0 Å². The molecule has 3 heteroatoms. The number of para-hydroxylation sites is 1. The fourth-order valence-corrected chi connectivity index (χ4v) is 1.91. The predicted molar refractivity (Wildman–Crippen MR) is 80.3 cm³/mol. The molecule has 0 bridgehead atoms. The third-order valence-electron chi connectivity index (χ3n) is 3.01. The van der Waals surface area contributed by atoms with Crippen molar-refractivity contribution >= 4 is 0 Å². The highest BCUT2D eigenvalue weighted by molar-refractivity contribution is 5.33. The van der Waals surface area contributed by atoms with Gasteiger partial charge in [0, 0.05) is 24.3 Å². The molecule has 0 aliphatic heterocycles. The summed E-state index contributed by atoms with van der Waals surface area (Å²) in [6.07, 6.45) is 7.03. The molecule has 102 valence electrons. The second-order valence-corrected chi connectivity index (χ2v) is 4.46. The molecule has 0 saturated carbocycles. The Bertz CT molecular complexity index is 575. The van der Waals surface area contributed by atoms with Gasteiger partial charge in [-0.2, -0.15) is 0 Å². The maximum atomic E-state index is 5.53. The molecule has 1 heterocycles. The van der Waals surface area contributed by atoms with Gasteiger partial charge in [0.1, 0.15) is 12.4 Å². The lowest BCUT2D eigenvalue weighted by Crippen LogP contribution is -2.19. The molecule has 3 nitrogen and oxygen atoms in total. The van der Waals surface area contributed by atoms with Crippen molar-refractivity contribution in [2.24, 2.45) is 0 Å². The van der Waals surface area contributed by atoms with Gasteiger partial charge in [0.2, 0.25) is 0 Å². The molecule has 0 fully saturated rings. The molecule has 0 saturated heterocycles. The van der Waals surface area contributed by atoms with Crippen molar-refractivity contribution in [3.05, 3.63) is 59.9 Å². The highest BCUT2D eigenvalue weighted by Crippen LogP contribution is 2.19. The van der Waals surface area contributed by atoms with Gasteiger partial charge in [0.05, 0.1) is 5.69 Å². The standard InChI is InChI=1S/C17H18N2O/c1-3-12-20-17-10-5-4-8-15(17)13-19-14(2)16-9-6-7-11-18-16/h1,4-11,14,19H,12-13H2,2H3/t14-/m0/s1. The summed E-state index contributed by atoms with van der Waals surface area (Å²) >= 11 is 0. The van der Waals surface area contributed by atoms with Crippen LogP contribution in [0.25, 0.3) is 0 Å². The van der Waals surface area contributed by atoms with Gasteiger partial charge < -0.3 is 10.1 Å². The lowest BCUT2D eigenvalue weighted by molar-refractivity contribution is 0.363. The maximum Gasteiger partial charge on any atom is 0.148 e. The van der Waals surface area contributed by atoms with E-state index in [9.17, 15) is 0 Å². The molecule has 0 unspecified atom stereocenters. The number of hydrogen-bond acceptors (Lipinski definition) is 3. The number of benzene rings is 1. The summed E-state index contributed by atoms with van der Waals surface area (Å²) < 4.78 is 5.53. The van der Waals surface area contributed by atoms with Crippen LogP contribution in [-0.4, -0.2) is 11.6 Å². The lowest BCUT2D eigenvalue weighted by Gasteiger charge is -2.15. The minimum Gasteiger partial charge on any atom is -0.481 e. The zero-order chi connectivity index (χ0) is 14.2. The first-order valence-electron chi connectivity index (χ1n) is 6.59. The molecule has 1 aromatic carbocycles. The molecular weight excluding hydrogens is 248 g/mol. The first-order valence-corrected chi connectivity index (χ1v) is 6.59. The molecule has 20 heavy (non-hydrogen) atoms. The van der Waals surface area contributed by atoms with Crippen LogP contribution < -0.4 is 10.1 Å². The first kappa shape index (κ1) is 14.1. The Balaban J connectivity index is 1.99. The predicted octanol–water partition coefficient (Wildman–Crippen LogP) is 2.94. The molecule has 1 atom stereocenters. The van der Waals surface area contributed by atoms with Crippen LogP contribution in [0.3, 0.4) is 0 Å². The minimum atomic E-state index is 0.178. The van der Waals surface area contributed by atoms with E-state index in [-0.39, 0.29) is 12.6 Å². The van der Waals surface area contributed by atoms with E-state index >= 15 is 0 Å². The van der Waals surface area contributed by atoms with Crippen LogP contribution in [0.5, 0.6) is 5.75 Å². The summed E-state index contributed by atoms with van der Waals surface area (Å²) in [6, 6.07) is 14.0. The van der Waals surface area contributed by atoms with Gasteiger partial charge in [-0.25, -0.2) is 0 Å². The second-order valence-electron chi connectivity index (χ2n) is 4.46. The Morgan fingerprint density at radius 1 is 1.25 bits per heavy atom. The monoisotopic (exact) mass is 266 g/mol. The van der Waals surface area contributed by atoms with E-state index in [1.54, 1.807) is 6.20 Å². The van der Waals surface area contributed by atoms with E-state index in [1.807, 2.05) is 42.5 Å². The normalized spacial score (nSPS) is 11.6. The summed E-state index contributed by atoms with van der Waals surface area (Å²) in [4.78, 5) is 4.34. The molecule has 0 amide bonds. The van der Waals surface area contributed by atoms with Gasteiger partial charge in [-0.3, -0.25) is 4.98 Å². The quantitative estimate of drug-likeness (QED) is 0.816. The van der Waals surface area contributed by atoms with E-state index in [4.69, 9.17) is 11.2 Å². The Morgan fingerprint density at radius 3 is 2.80 bits per heavy atom. The van der Waals surface area contributed by atoms with Gasteiger partial charge >= 0.3 is 0 Å². The van der Waals surface area contributed by atoms with E-state index < -0.39 is 0 Å². The molecular formula is C17H18N2O. The molecule has 0 aliphatic rings. The summed E-state index contributed by atoms with van der Waals surface area (Å²) in [5.74, 6) is 3.31. The minimum absolute atomic E-state index is 0.178. The summed E-state index contributed by atoms with van der Waals surface area (Å²) in [6.45, 7) is 3.08. The van der Waals surface area contributed by atoms with Gasteiger partial charge in [-0.1, -0.05) is 30.2 Å². The number of hydrogen-bond donors (Lipinski definition) is 1. The third kappa shape index (κ3) is 3.84. The number of rotatable bonds is 6. The summed E-state index contributed by atoms with van der Waals surface area (Å²) in [7, 11) is 0. The number of aromatic nitrogens is 1. The van der Waals surface area contributed by atoms with Crippen molar-refractivity contribution in [3.63, 3.8) is 0 Å². The zero-order valence-electron chi connectivity index (χ0n) is 11.5. The van der Waals surface area contributed by atoms with E-state index in [2.05, 4.69) is 23.1 Å². The van der Waals surface area contributed by atoms with Crippen LogP contribution in [0, 0.1) is 12.3 Å². The molecule has 1 N–H and O–H groups in total. The number of nitrogens with zero attached hydrogens (tertiary/aromatic N) is 1. The van der Waals surface area contributed by atoms with Crippen molar-refractivity contribution in [2.75, 3.05) is 6.61 Å². The average Bonchev–Trinajstić information content (AvgIpc) is 2.52.